The summed E-state index contributed by atoms with van der Waals surface area (Å²) in [5, 5.41) is 4.83. The predicted molar refractivity (Wildman–Crippen MR) is 86.1 cm³/mol. The second-order valence-electron chi connectivity index (χ2n) is 6.30. The van der Waals surface area contributed by atoms with E-state index in [4.69, 9.17) is 0 Å². The second kappa shape index (κ2) is 6.34. The molecule has 1 unspecified atom stereocenters. The molecule has 1 aromatic heterocycles. The maximum absolute atomic E-state index is 12.6. The molecule has 120 valence electrons. The number of hydrogen-bond donors (Lipinski definition) is 1. The SMILES string of the molecule is CC(=O)Nc1nc(C(=O)N2CCN(C3CC3)CC(C)C2)cs1. The minimum atomic E-state index is -0.170. The van der Waals surface area contributed by atoms with Gasteiger partial charge in [0.15, 0.2) is 5.13 Å². The van der Waals surface area contributed by atoms with Gasteiger partial charge in [-0.05, 0) is 18.8 Å². The average molecular weight is 322 g/mol. The minimum Gasteiger partial charge on any atom is -0.336 e. The van der Waals surface area contributed by atoms with E-state index in [2.05, 4.69) is 22.1 Å². The number of carbonyl (C=O) groups excluding carboxylic acids is 2. The van der Waals surface area contributed by atoms with E-state index in [-0.39, 0.29) is 11.8 Å². The monoisotopic (exact) mass is 322 g/mol. The summed E-state index contributed by atoms with van der Waals surface area (Å²) in [4.78, 5) is 32.3. The third-order valence-electron chi connectivity index (χ3n) is 4.09. The maximum Gasteiger partial charge on any atom is 0.273 e. The molecule has 1 atom stereocenters. The molecule has 1 aliphatic carbocycles. The molecular formula is C15H22N4O2S. The van der Waals surface area contributed by atoms with E-state index in [0.29, 0.717) is 16.7 Å². The smallest absolute Gasteiger partial charge is 0.273 e. The first kappa shape index (κ1) is 15.4. The first-order valence-electron chi connectivity index (χ1n) is 7.79. The van der Waals surface area contributed by atoms with E-state index in [1.165, 1.54) is 31.1 Å². The van der Waals surface area contributed by atoms with Gasteiger partial charge in [0.25, 0.3) is 5.91 Å². The Morgan fingerprint density at radius 3 is 2.77 bits per heavy atom. The van der Waals surface area contributed by atoms with Crippen LogP contribution in [0.2, 0.25) is 0 Å². The van der Waals surface area contributed by atoms with Gasteiger partial charge in [0, 0.05) is 44.5 Å². The quantitative estimate of drug-likeness (QED) is 0.919. The Labute approximate surface area is 134 Å². The van der Waals surface area contributed by atoms with Crippen LogP contribution in [0.5, 0.6) is 0 Å². The van der Waals surface area contributed by atoms with Gasteiger partial charge in [-0.25, -0.2) is 4.98 Å². The highest BCUT2D eigenvalue weighted by molar-refractivity contribution is 7.14. The summed E-state index contributed by atoms with van der Waals surface area (Å²) in [6.45, 7) is 7.18. The molecule has 1 saturated carbocycles. The minimum absolute atomic E-state index is 0.0302. The normalized spacial score (nSPS) is 23.2. The molecule has 6 nitrogen and oxygen atoms in total. The Bertz CT molecular complexity index is 570. The number of thiazole rings is 1. The van der Waals surface area contributed by atoms with Crippen molar-refractivity contribution < 1.29 is 9.59 Å². The fraction of sp³-hybridized carbons (Fsp3) is 0.667. The van der Waals surface area contributed by atoms with Crippen molar-refractivity contribution >= 4 is 28.3 Å². The van der Waals surface area contributed by atoms with Gasteiger partial charge >= 0.3 is 0 Å². The van der Waals surface area contributed by atoms with E-state index in [1.807, 2.05) is 4.90 Å². The fourth-order valence-electron chi connectivity index (χ4n) is 2.96. The van der Waals surface area contributed by atoms with Gasteiger partial charge < -0.3 is 10.2 Å². The zero-order chi connectivity index (χ0) is 15.7. The number of rotatable bonds is 3. The first-order chi connectivity index (χ1) is 10.5. The van der Waals surface area contributed by atoms with Crippen molar-refractivity contribution in [3.8, 4) is 0 Å². The van der Waals surface area contributed by atoms with Crippen LogP contribution in [0.4, 0.5) is 5.13 Å². The molecule has 0 bridgehead atoms. The molecule has 0 radical (unpaired) electrons. The van der Waals surface area contributed by atoms with Gasteiger partial charge in [0.1, 0.15) is 5.69 Å². The summed E-state index contributed by atoms with van der Waals surface area (Å²) < 4.78 is 0. The van der Waals surface area contributed by atoms with Crippen molar-refractivity contribution in [2.45, 2.75) is 32.7 Å². The topological polar surface area (TPSA) is 65.5 Å². The van der Waals surface area contributed by atoms with Crippen LogP contribution >= 0.6 is 11.3 Å². The van der Waals surface area contributed by atoms with Gasteiger partial charge in [0.05, 0.1) is 0 Å². The second-order valence-corrected chi connectivity index (χ2v) is 7.16. The highest BCUT2D eigenvalue weighted by Crippen LogP contribution is 2.28. The van der Waals surface area contributed by atoms with Crippen LogP contribution < -0.4 is 5.32 Å². The maximum atomic E-state index is 12.6. The zero-order valence-corrected chi connectivity index (χ0v) is 13.9. The third-order valence-corrected chi connectivity index (χ3v) is 4.85. The van der Waals surface area contributed by atoms with Crippen molar-refractivity contribution in [2.24, 2.45) is 5.92 Å². The van der Waals surface area contributed by atoms with Gasteiger partial charge in [-0.1, -0.05) is 6.92 Å². The summed E-state index contributed by atoms with van der Waals surface area (Å²) in [5.74, 6) is 0.273. The van der Waals surface area contributed by atoms with Crippen molar-refractivity contribution in [3.63, 3.8) is 0 Å². The van der Waals surface area contributed by atoms with Gasteiger partial charge in [-0.3, -0.25) is 14.5 Å². The summed E-state index contributed by atoms with van der Waals surface area (Å²) in [5.41, 5.74) is 0.431. The van der Waals surface area contributed by atoms with Crippen molar-refractivity contribution in [2.75, 3.05) is 31.5 Å². The molecular weight excluding hydrogens is 300 g/mol. The number of anilines is 1. The molecule has 1 aromatic rings. The van der Waals surface area contributed by atoms with Crippen LogP contribution in [-0.2, 0) is 4.79 Å². The number of aromatic nitrogens is 1. The molecule has 0 aromatic carbocycles. The van der Waals surface area contributed by atoms with Crippen molar-refractivity contribution in [1.82, 2.24) is 14.8 Å². The Morgan fingerprint density at radius 1 is 1.32 bits per heavy atom. The Morgan fingerprint density at radius 2 is 2.09 bits per heavy atom. The number of nitrogens with one attached hydrogen (secondary N) is 1. The number of amides is 2. The Hall–Kier alpha value is -1.47. The van der Waals surface area contributed by atoms with Gasteiger partial charge in [0.2, 0.25) is 5.91 Å². The molecule has 2 fully saturated rings. The predicted octanol–water partition coefficient (Wildman–Crippen LogP) is 1.66. The number of hydrogen-bond acceptors (Lipinski definition) is 5. The van der Waals surface area contributed by atoms with Crippen molar-refractivity contribution in [1.29, 1.82) is 0 Å². The largest absolute Gasteiger partial charge is 0.336 e. The highest BCUT2D eigenvalue weighted by Gasteiger charge is 2.33. The molecule has 1 aliphatic heterocycles. The third kappa shape index (κ3) is 3.64. The van der Waals surface area contributed by atoms with Crippen LogP contribution in [0, 0.1) is 5.92 Å². The van der Waals surface area contributed by atoms with Crippen LogP contribution in [0.15, 0.2) is 5.38 Å². The summed E-state index contributed by atoms with van der Waals surface area (Å²) >= 11 is 1.29. The fourth-order valence-corrected chi connectivity index (χ4v) is 3.69. The molecule has 22 heavy (non-hydrogen) atoms. The lowest BCUT2D eigenvalue weighted by Crippen LogP contribution is -2.36. The van der Waals surface area contributed by atoms with E-state index in [1.54, 1.807) is 5.38 Å². The Kier molecular flexibility index (Phi) is 4.44. The zero-order valence-electron chi connectivity index (χ0n) is 13.0. The lowest BCUT2D eigenvalue weighted by molar-refractivity contribution is -0.114. The molecule has 2 aliphatic rings. The Balaban J connectivity index is 1.65. The molecule has 3 rings (SSSR count). The number of nitrogens with zero attached hydrogens (tertiary/aromatic N) is 3. The van der Waals surface area contributed by atoms with Crippen LogP contribution in [0.25, 0.3) is 0 Å². The molecule has 0 spiro atoms. The average Bonchev–Trinajstić information content (AvgIpc) is 3.22. The van der Waals surface area contributed by atoms with Gasteiger partial charge in [-0.2, -0.15) is 0 Å². The summed E-state index contributed by atoms with van der Waals surface area (Å²) in [7, 11) is 0. The molecule has 2 amide bonds. The summed E-state index contributed by atoms with van der Waals surface area (Å²) in [6, 6.07) is 0.739. The molecule has 1 N–H and O–H groups in total. The van der Waals surface area contributed by atoms with Crippen LogP contribution in [-0.4, -0.2) is 58.8 Å². The van der Waals surface area contributed by atoms with Crippen LogP contribution in [0.1, 0.15) is 37.2 Å². The first-order valence-corrected chi connectivity index (χ1v) is 8.67. The van der Waals surface area contributed by atoms with E-state index in [0.717, 1.165) is 32.2 Å². The van der Waals surface area contributed by atoms with E-state index >= 15 is 0 Å². The van der Waals surface area contributed by atoms with E-state index < -0.39 is 0 Å². The molecule has 2 heterocycles. The molecule has 1 saturated heterocycles. The standard InChI is InChI=1S/C15H22N4O2S/c1-10-7-18(12-3-4-12)5-6-19(8-10)14(21)13-9-22-15(17-13)16-11(2)20/h9-10,12H,3-8H2,1-2H3,(H,16,17,20). The number of carbonyl (C=O) groups is 2. The van der Waals surface area contributed by atoms with Gasteiger partial charge in [-0.15, -0.1) is 11.3 Å². The lowest BCUT2D eigenvalue weighted by Gasteiger charge is -2.21. The van der Waals surface area contributed by atoms with Crippen molar-refractivity contribution in [3.05, 3.63) is 11.1 Å². The van der Waals surface area contributed by atoms with E-state index in [9.17, 15) is 9.59 Å². The lowest BCUT2D eigenvalue weighted by atomic mass is 10.1. The molecule has 7 heteroatoms. The summed E-state index contributed by atoms with van der Waals surface area (Å²) in [6.07, 6.45) is 2.60. The highest BCUT2D eigenvalue weighted by atomic mass is 32.1. The van der Waals surface area contributed by atoms with Crippen LogP contribution in [0.3, 0.4) is 0 Å².